The maximum Gasteiger partial charge on any atom is 0.242 e. The second kappa shape index (κ2) is 11.6. The number of pyridine rings is 2. The van der Waals surface area contributed by atoms with Gasteiger partial charge in [0.2, 0.25) is 11.8 Å². The van der Waals surface area contributed by atoms with E-state index >= 15 is 0 Å². The molecule has 1 fully saturated rings. The number of carbonyl (C=O) groups is 2. The molecular weight excluding hydrogens is 436 g/mol. The summed E-state index contributed by atoms with van der Waals surface area (Å²) >= 11 is 1.37. The number of nitrogens with zero attached hydrogens (tertiary/aromatic N) is 4. The lowest BCUT2D eigenvalue weighted by atomic mass is 10.2. The molecule has 0 saturated carbocycles. The lowest BCUT2D eigenvalue weighted by molar-refractivity contribution is -0.137. The third-order valence-electron chi connectivity index (χ3n) is 5.27. The molecule has 8 heteroatoms. The van der Waals surface area contributed by atoms with Crippen molar-refractivity contribution < 1.29 is 14.3 Å². The van der Waals surface area contributed by atoms with Crippen LogP contribution in [0.4, 0.5) is 0 Å². The molecule has 0 N–H and O–H groups in total. The van der Waals surface area contributed by atoms with E-state index in [0.29, 0.717) is 26.2 Å². The number of carbonyl (C=O) groups excluding carboxylic acids is 2. The molecule has 0 radical (unpaired) electrons. The van der Waals surface area contributed by atoms with Crippen molar-refractivity contribution in [3.63, 3.8) is 0 Å². The highest BCUT2D eigenvalue weighted by Crippen LogP contribution is 2.18. The molecule has 0 bridgehead atoms. The molecule has 1 atom stereocenters. The van der Waals surface area contributed by atoms with E-state index in [1.807, 2.05) is 66.7 Å². The van der Waals surface area contributed by atoms with Crippen molar-refractivity contribution in [1.82, 2.24) is 19.8 Å². The lowest BCUT2D eigenvalue weighted by Crippen LogP contribution is -2.40. The molecule has 0 aliphatic carbocycles. The van der Waals surface area contributed by atoms with Crippen molar-refractivity contribution in [2.24, 2.45) is 0 Å². The summed E-state index contributed by atoms with van der Waals surface area (Å²) in [5.74, 6) is 0.0293. The van der Waals surface area contributed by atoms with E-state index < -0.39 is 0 Å². The number of benzene rings is 1. The Labute approximate surface area is 197 Å². The van der Waals surface area contributed by atoms with E-state index in [1.54, 1.807) is 22.2 Å². The highest BCUT2D eigenvalue weighted by molar-refractivity contribution is 7.99. The maximum atomic E-state index is 13.1. The molecule has 1 saturated heterocycles. The van der Waals surface area contributed by atoms with Crippen molar-refractivity contribution in [2.75, 3.05) is 25.4 Å². The van der Waals surface area contributed by atoms with Crippen LogP contribution in [-0.2, 0) is 27.5 Å². The fourth-order valence-corrected chi connectivity index (χ4v) is 4.34. The molecule has 0 spiro atoms. The maximum absolute atomic E-state index is 13.1. The molecule has 1 aliphatic heterocycles. The first-order chi connectivity index (χ1) is 16.2. The predicted octanol–water partition coefficient (Wildman–Crippen LogP) is 3.03. The summed E-state index contributed by atoms with van der Waals surface area (Å²) in [5.41, 5.74) is 1.85. The van der Waals surface area contributed by atoms with Gasteiger partial charge in [-0.3, -0.25) is 14.6 Å². The fraction of sp³-hybridized carbons (Fsp3) is 0.280. The van der Waals surface area contributed by atoms with E-state index in [-0.39, 0.29) is 30.2 Å². The number of thioether (sulfide) groups is 1. The smallest absolute Gasteiger partial charge is 0.242 e. The third kappa shape index (κ3) is 6.87. The molecular formula is C25H26N4O3S. The number of hydrogen-bond acceptors (Lipinski definition) is 6. The van der Waals surface area contributed by atoms with Gasteiger partial charge in [-0.1, -0.05) is 54.2 Å². The first-order valence-electron chi connectivity index (χ1n) is 10.8. The minimum atomic E-state index is -0.314. The first kappa shape index (κ1) is 22.9. The Kier molecular flexibility index (Phi) is 8.05. The van der Waals surface area contributed by atoms with Crippen LogP contribution in [0.3, 0.4) is 0 Å². The van der Waals surface area contributed by atoms with E-state index in [1.165, 1.54) is 11.8 Å². The van der Waals surface area contributed by atoms with Gasteiger partial charge < -0.3 is 14.5 Å². The average Bonchev–Trinajstić information content (AvgIpc) is 3.02. The second-order valence-corrected chi connectivity index (χ2v) is 8.74. The summed E-state index contributed by atoms with van der Waals surface area (Å²) in [4.78, 5) is 38.0. The van der Waals surface area contributed by atoms with Crippen LogP contribution in [0.5, 0.6) is 0 Å². The van der Waals surface area contributed by atoms with Crippen LogP contribution in [-0.4, -0.2) is 63.1 Å². The highest BCUT2D eigenvalue weighted by Gasteiger charge is 2.31. The normalized spacial score (nSPS) is 16.5. The lowest BCUT2D eigenvalue weighted by Gasteiger charge is -2.25. The zero-order chi connectivity index (χ0) is 22.9. The Hall–Kier alpha value is -3.23. The number of aromatic nitrogens is 2. The van der Waals surface area contributed by atoms with Crippen LogP contribution in [0.25, 0.3) is 0 Å². The second-order valence-electron chi connectivity index (χ2n) is 7.74. The van der Waals surface area contributed by atoms with Crippen molar-refractivity contribution in [2.45, 2.75) is 24.3 Å². The summed E-state index contributed by atoms with van der Waals surface area (Å²) in [6.45, 7) is 1.61. The van der Waals surface area contributed by atoms with Crippen molar-refractivity contribution in [3.05, 3.63) is 90.4 Å². The molecule has 33 heavy (non-hydrogen) atoms. The van der Waals surface area contributed by atoms with Crippen LogP contribution >= 0.6 is 11.8 Å². The van der Waals surface area contributed by atoms with Crippen LogP contribution in [0.2, 0.25) is 0 Å². The van der Waals surface area contributed by atoms with Crippen molar-refractivity contribution in [3.8, 4) is 0 Å². The quantitative estimate of drug-likeness (QED) is 0.479. The minimum absolute atomic E-state index is 0.0396. The van der Waals surface area contributed by atoms with Gasteiger partial charge in [0.05, 0.1) is 35.7 Å². The van der Waals surface area contributed by atoms with E-state index in [2.05, 4.69) is 9.97 Å². The Bertz CT molecular complexity index is 1040. The Morgan fingerprint density at radius 3 is 2.45 bits per heavy atom. The van der Waals surface area contributed by atoms with E-state index in [0.717, 1.165) is 16.3 Å². The largest absolute Gasteiger partial charge is 0.368 e. The summed E-state index contributed by atoms with van der Waals surface area (Å²) in [7, 11) is 0. The summed E-state index contributed by atoms with van der Waals surface area (Å²) in [6, 6.07) is 21.1. The zero-order valence-electron chi connectivity index (χ0n) is 18.2. The van der Waals surface area contributed by atoms with Crippen LogP contribution < -0.4 is 0 Å². The summed E-state index contributed by atoms with van der Waals surface area (Å²) < 4.78 is 6.14. The average molecular weight is 463 g/mol. The monoisotopic (exact) mass is 462 g/mol. The van der Waals surface area contributed by atoms with Gasteiger partial charge >= 0.3 is 0 Å². The van der Waals surface area contributed by atoms with Gasteiger partial charge in [0.25, 0.3) is 0 Å². The first-order valence-corrected chi connectivity index (χ1v) is 11.8. The number of amides is 2. The zero-order valence-corrected chi connectivity index (χ0v) is 19.1. The standard InChI is InChI=1S/C25H26N4O3S/c30-24-17-29(25(31)19-33-23-11-5-7-13-27-23)16-22(32-18-21-10-4-6-12-26-21)15-28(24)14-20-8-2-1-3-9-20/h1-13,22H,14-19H2. The van der Waals surface area contributed by atoms with E-state index in [9.17, 15) is 9.59 Å². The predicted molar refractivity (Wildman–Crippen MR) is 126 cm³/mol. The summed E-state index contributed by atoms with van der Waals surface area (Å²) in [6.07, 6.45) is 3.11. The minimum Gasteiger partial charge on any atom is -0.368 e. The van der Waals surface area contributed by atoms with Crippen LogP contribution in [0.15, 0.2) is 84.1 Å². The Balaban J connectivity index is 1.45. The highest BCUT2D eigenvalue weighted by atomic mass is 32.2. The topological polar surface area (TPSA) is 75.6 Å². The molecule has 3 aromatic rings. The fourth-order valence-electron chi connectivity index (χ4n) is 3.58. The molecule has 3 heterocycles. The molecule has 7 nitrogen and oxygen atoms in total. The van der Waals surface area contributed by atoms with Gasteiger partial charge in [0.15, 0.2) is 0 Å². The molecule has 1 aromatic carbocycles. The molecule has 1 unspecified atom stereocenters. The Morgan fingerprint density at radius 2 is 1.73 bits per heavy atom. The van der Waals surface area contributed by atoms with Crippen LogP contribution in [0.1, 0.15) is 11.3 Å². The van der Waals surface area contributed by atoms with Crippen molar-refractivity contribution in [1.29, 1.82) is 0 Å². The molecule has 4 rings (SSSR count). The molecule has 2 aromatic heterocycles. The third-order valence-corrected chi connectivity index (χ3v) is 6.20. The number of hydrogen-bond donors (Lipinski definition) is 0. The SMILES string of the molecule is O=C(CSc1ccccn1)N1CC(=O)N(Cc2ccccc2)CC(OCc2ccccn2)C1. The van der Waals surface area contributed by atoms with Gasteiger partial charge in [0.1, 0.15) is 0 Å². The van der Waals surface area contributed by atoms with Gasteiger partial charge in [-0.05, 0) is 29.8 Å². The van der Waals surface area contributed by atoms with Gasteiger partial charge in [-0.25, -0.2) is 4.98 Å². The molecule has 170 valence electrons. The van der Waals surface area contributed by atoms with Gasteiger partial charge in [-0.2, -0.15) is 0 Å². The van der Waals surface area contributed by atoms with E-state index in [4.69, 9.17) is 4.74 Å². The molecule has 2 amide bonds. The van der Waals surface area contributed by atoms with Crippen LogP contribution in [0, 0.1) is 0 Å². The van der Waals surface area contributed by atoms with Gasteiger partial charge in [0, 0.05) is 32.0 Å². The number of ether oxygens (including phenoxy) is 1. The Morgan fingerprint density at radius 1 is 0.970 bits per heavy atom. The molecule has 1 aliphatic rings. The number of rotatable bonds is 8. The summed E-state index contributed by atoms with van der Waals surface area (Å²) in [5, 5.41) is 0.778. The van der Waals surface area contributed by atoms with Crippen molar-refractivity contribution >= 4 is 23.6 Å². The van der Waals surface area contributed by atoms with Gasteiger partial charge in [-0.15, -0.1) is 0 Å².